The maximum absolute atomic E-state index is 14.4. The number of methoxy groups -OCH3 is 2. The second-order valence-corrected chi connectivity index (χ2v) is 14.8. The fourth-order valence-corrected chi connectivity index (χ4v) is 7.25. The van der Waals surface area contributed by atoms with Gasteiger partial charge in [-0.2, -0.15) is 5.10 Å². The molecule has 2 N–H and O–H groups in total. The van der Waals surface area contributed by atoms with E-state index in [1.807, 2.05) is 12.1 Å². The molecule has 4 aromatic rings. The highest BCUT2D eigenvalue weighted by molar-refractivity contribution is 9.10. The number of aryl methyl sites for hydroxylation is 1. The van der Waals surface area contributed by atoms with Gasteiger partial charge in [-0.15, -0.1) is 0 Å². The molecule has 284 valence electrons. The fourth-order valence-electron chi connectivity index (χ4n) is 6.94. The second-order valence-electron chi connectivity index (χ2n) is 13.9. The third-order valence-electron chi connectivity index (χ3n) is 9.86. The van der Waals surface area contributed by atoms with Crippen molar-refractivity contribution in [2.24, 2.45) is 11.3 Å². The molecule has 2 aliphatic rings. The molecular weight excluding hydrogens is 764 g/mol. The topological polar surface area (TPSA) is 197 Å². The molecule has 0 radical (unpaired) electrons. The average Bonchev–Trinajstić information content (AvgIpc) is 3.56. The van der Waals surface area contributed by atoms with Gasteiger partial charge in [-0.05, 0) is 65.4 Å². The largest absolute Gasteiger partial charge is 0.463 e. The number of esters is 1. The maximum atomic E-state index is 14.4. The zero-order chi connectivity index (χ0) is 38.9. The third-order valence-corrected chi connectivity index (χ3v) is 10.3. The van der Waals surface area contributed by atoms with Gasteiger partial charge in [0.25, 0.3) is 0 Å². The van der Waals surface area contributed by atoms with Crippen molar-refractivity contribution in [3.8, 4) is 11.1 Å². The van der Waals surface area contributed by atoms with Crippen molar-refractivity contribution in [2.75, 3.05) is 26.1 Å². The van der Waals surface area contributed by atoms with Crippen LogP contribution in [0, 0.1) is 18.3 Å². The van der Waals surface area contributed by atoms with Gasteiger partial charge in [-0.3, -0.25) is 19.1 Å². The quantitative estimate of drug-likeness (QED) is 0.111. The lowest BCUT2D eigenvalue weighted by atomic mass is 9.99. The van der Waals surface area contributed by atoms with Crippen molar-refractivity contribution in [3.63, 3.8) is 0 Å². The number of piperidine rings is 1. The number of nitrogens with zero attached hydrogens (tertiary/aromatic N) is 6. The van der Waals surface area contributed by atoms with Crippen molar-refractivity contribution in [1.29, 1.82) is 0 Å². The summed E-state index contributed by atoms with van der Waals surface area (Å²) in [5.41, 5.74) is 2.21. The number of amides is 3. The molecule has 0 spiro atoms. The van der Waals surface area contributed by atoms with Crippen LogP contribution in [0.25, 0.3) is 22.0 Å². The first-order valence-electron chi connectivity index (χ1n) is 17.3. The van der Waals surface area contributed by atoms with Crippen LogP contribution in [0.1, 0.15) is 55.5 Å². The van der Waals surface area contributed by atoms with Crippen molar-refractivity contribution >= 4 is 62.3 Å². The Morgan fingerprint density at radius 2 is 1.78 bits per heavy atom. The number of hydrogen-bond acceptors (Lipinski definition) is 12. The van der Waals surface area contributed by atoms with Gasteiger partial charge in [0, 0.05) is 54.4 Å². The van der Waals surface area contributed by atoms with Gasteiger partial charge in [-0.1, -0.05) is 26.0 Å². The van der Waals surface area contributed by atoms with Crippen LogP contribution in [-0.4, -0.2) is 98.2 Å². The van der Waals surface area contributed by atoms with Crippen LogP contribution in [0.15, 0.2) is 47.3 Å². The molecule has 1 saturated carbocycles. The predicted molar refractivity (Wildman–Crippen MR) is 198 cm³/mol. The van der Waals surface area contributed by atoms with E-state index in [0.717, 1.165) is 11.1 Å². The molecule has 1 aromatic carbocycles. The summed E-state index contributed by atoms with van der Waals surface area (Å²) in [5.74, 6) is -1.21. The summed E-state index contributed by atoms with van der Waals surface area (Å²) in [6.07, 6.45) is 3.31. The van der Waals surface area contributed by atoms with Crippen LogP contribution in [0.3, 0.4) is 0 Å². The van der Waals surface area contributed by atoms with Gasteiger partial charge < -0.3 is 29.7 Å². The summed E-state index contributed by atoms with van der Waals surface area (Å²) in [4.78, 5) is 80.9. The number of Topliss-reactive ketones (excluding diaryl/α,β-unsaturated/α-hetero) is 1. The van der Waals surface area contributed by atoms with E-state index in [4.69, 9.17) is 9.47 Å². The number of nitrogens with one attached hydrogen (secondary N) is 2. The molecule has 54 heavy (non-hydrogen) atoms. The Balaban J connectivity index is 1.29. The zero-order valence-corrected chi connectivity index (χ0v) is 32.3. The molecule has 1 saturated heterocycles. The second kappa shape index (κ2) is 15.6. The molecule has 2 fully saturated rings. The van der Waals surface area contributed by atoms with Gasteiger partial charge in [0.1, 0.15) is 40.6 Å². The van der Waals surface area contributed by atoms with Gasteiger partial charge in [0.15, 0.2) is 5.78 Å². The Morgan fingerprint density at radius 3 is 2.44 bits per heavy atom. The summed E-state index contributed by atoms with van der Waals surface area (Å²) < 4.78 is 17.7. The highest BCUT2D eigenvalue weighted by Crippen LogP contribution is 2.60. The number of fused-ring (bicyclic) bond motifs is 2. The summed E-state index contributed by atoms with van der Waals surface area (Å²) in [5, 5.41) is 10.5. The monoisotopic (exact) mass is 804 g/mol. The standard InChI is InChI=1S/C37H41BrN8O8/c1-19(2)31(42-36(51)53-6)35(50)54-18-37-12-27(34(49)43-33-23(17-52-5)8-10-29(38)41-33)46(28(37)13-37)30(48)16-45-26-9-7-22(24-14-39-21(4)40-15-24)11-25(26)32(44-45)20(3)47/h7-11,14-15,19,27-28,31H,12-13,16-18H2,1-6H3,(H,42,51)(H,41,43,49)/t27-,28+,31?,37-/m0/s1. The van der Waals surface area contributed by atoms with Crippen LogP contribution in [-0.2, 0) is 41.7 Å². The van der Waals surface area contributed by atoms with Gasteiger partial charge in [0.2, 0.25) is 11.8 Å². The first kappa shape index (κ1) is 38.4. The van der Waals surface area contributed by atoms with Crippen LogP contribution >= 0.6 is 15.9 Å². The van der Waals surface area contributed by atoms with Gasteiger partial charge in [0.05, 0.1) is 25.8 Å². The average molecular weight is 806 g/mol. The number of anilines is 1. The SMILES string of the molecule is COCc1ccc(Br)nc1NC(=O)[C@@H]1C[C@@]2(COC(=O)C(NC(=O)OC)C(C)C)C[C@H]2N1C(=O)Cn1nc(C(C)=O)c2cc(-c3cnc(C)nc3)ccc21. The molecule has 1 aliphatic carbocycles. The summed E-state index contributed by atoms with van der Waals surface area (Å²) in [6, 6.07) is 6.60. The lowest BCUT2D eigenvalue weighted by Crippen LogP contribution is -2.47. The van der Waals surface area contributed by atoms with E-state index in [0.29, 0.717) is 33.3 Å². The Morgan fingerprint density at radius 1 is 1.04 bits per heavy atom. The van der Waals surface area contributed by atoms with E-state index in [1.54, 1.807) is 51.4 Å². The van der Waals surface area contributed by atoms with E-state index in [1.165, 1.54) is 30.7 Å². The number of hydrogen-bond donors (Lipinski definition) is 2. The smallest absolute Gasteiger partial charge is 0.407 e. The summed E-state index contributed by atoms with van der Waals surface area (Å²) in [6.45, 7) is 6.57. The number of pyridine rings is 1. The molecule has 3 aromatic heterocycles. The number of rotatable bonds is 13. The van der Waals surface area contributed by atoms with E-state index in [-0.39, 0.29) is 49.4 Å². The first-order valence-corrected chi connectivity index (χ1v) is 18.1. The van der Waals surface area contributed by atoms with Crippen LogP contribution in [0.4, 0.5) is 10.6 Å². The zero-order valence-electron chi connectivity index (χ0n) is 30.7. The molecule has 4 atom stereocenters. The van der Waals surface area contributed by atoms with E-state index < -0.39 is 47.4 Å². The number of ether oxygens (including phenoxy) is 3. The highest BCUT2D eigenvalue weighted by atomic mass is 79.9. The molecule has 16 nitrogen and oxygen atoms in total. The van der Waals surface area contributed by atoms with Crippen molar-refractivity contribution < 1.29 is 38.2 Å². The molecule has 6 rings (SSSR count). The number of halogens is 1. The van der Waals surface area contributed by atoms with E-state index in [9.17, 15) is 24.0 Å². The minimum absolute atomic E-state index is 0.0785. The molecule has 1 unspecified atom stereocenters. The van der Waals surface area contributed by atoms with Crippen molar-refractivity contribution in [2.45, 2.75) is 71.8 Å². The van der Waals surface area contributed by atoms with Crippen molar-refractivity contribution in [1.82, 2.24) is 34.9 Å². The van der Waals surface area contributed by atoms with Gasteiger partial charge in [-0.25, -0.2) is 24.5 Å². The van der Waals surface area contributed by atoms with Crippen LogP contribution in [0.5, 0.6) is 0 Å². The van der Waals surface area contributed by atoms with Gasteiger partial charge >= 0.3 is 12.1 Å². The Labute approximate surface area is 319 Å². The number of ketones is 1. The number of alkyl carbamates (subject to hydrolysis) is 1. The minimum atomic E-state index is -0.964. The maximum Gasteiger partial charge on any atom is 0.407 e. The minimum Gasteiger partial charge on any atom is -0.463 e. The lowest BCUT2D eigenvalue weighted by molar-refractivity contribution is -0.149. The summed E-state index contributed by atoms with van der Waals surface area (Å²) in [7, 11) is 2.73. The normalized spacial score (nSPS) is 19.3. The Hall–Kier alpha value is -5.29. The number of likely N-dealkylation sites (tertiary alicyclic amines) is 1. The number of benzene rings is 1. The lowest BCUT2D eigenvalue weighted by Gasteiger charge is -2.27. The number of carbonyl (C=O) groups is 5. The predicted octanol–water partition coefficient (Wildman–Crippen LogP) is 4.23. The van der Waals surface area contributed by atoms with Crippen LogP contribution < -0.4 is 10.6 Å². The molecule has 3 amide bonds. The molecule has 4 heterocycles. The van der Waals surface area contributed by atoms with Crippen LogP contribution in [0.2, 0.25) is 0 Å². The Kier molecular flexibility index (Phi) is 11.1. The van der Waals surface area contributed by atoms with E-state index in [2.05, 4.69) is 51.4 Å². The number of aromatic nitrogens is 5. The first-order chi connectivity index (χ1) is 25.7. The molecule has 0 bridgehead atoms. The summed E-state index contributed by atoms with van der Waals surface area (Å²) >= 11 is 3.36. The molecular formula is C37H41BrN8O8. The molecule has 17 heteroatoms. The third kappa shape index (κ3) is 7.82. The Bertz CT molecular complexity index is 2120. The van der Waals surface area contributed by atoms with E-state index >= 15 is 0 Å². The number of carbonyl (C=O) groups excluding carboxylic acids is 5. The van der Waals surface area contributed by atoms with Crippen molar-refractivity contribution in [3.05, 3.63) is 64.4 Å². The highest BCUT2D eigenvalue weighted by Gasteiger charge is 2.68. The fraction of sp³-hybridized carbons (Fsp3) is 0.432. The molecule has 1 aliphatic heterocycles.